The van der Waals surface area contributed by atoms with Crippen LogP contribution in [0.2, 0.25) is 10.0 Å². The third kappa shape index (κ3) is 2.82. The van der Waals surface area contributed by atoms with Gasteiger partial charge < -0.3 is 4.57 Å². The molecule has 1 amide bonds. The van der Waals surface area contributed by atoms with Gasteiger partial charge in [0, 0.05) is 18.9 Å². The lowest BCUT2D eigenvalue weighted by Crippen LogP contribution is -2.27. The van der Waals surface area contributed by atoms with Crippen LogP contribution in [0.5, 0.6) is 0 Å². The molecule has 0 spiro atoms. The van der Waals surface area contributed by atoms with Gasteiger partial charge in [-0.1, -0.05) is 47.2 Å². The Morgan fingerprint density at radius 3 is 2.64 bits per heavy atom. The van der Waals surface area contributed by atoms with Crippen molar-refractivity contribution in [3.05, 3.63) is 57.2 Å². The molecule has 2 heterocycles. The molecule has 0 aliphatic carbocycles. The molecule has 0 saturated carbocycles. The van der Waals surface area contributed by atoms with E-state index in [1.54, 1.807) is 18.2 Å². The van der Waals surface area contributed by atoms with Gasteiger partial charge in [-0.2, -0.15) is 0 Å². The maximum atomic E-state index is 12.6. The molecule has 1 aliphatic rings. The van der Waals surface area contributed by atoms with Crippen molar-refractivity contribution in [3.8, 4) is 0 Å². The highest BCUT2D eigenvalue weighted by atomic mass is 35.5. The van der Waals surface area contributed by atoms with Crippen molar-refractivity contribution in [1.29, 1.82) is 0 Å². The summed E-state index contributed by atoms with van der Waals surface area (Å²) in [7, 11) is 1.92. The van der Waals surface area contributed by atoms with Crippen molar-refractivity contribution in [2.45, 2.75) is 0 Å². The van der Waals surface area contributed by atoms with E-state index < -0.39 is 0 Å². The highest BCUT2D eigenvalue weighted by Gasteiger charge is 2.33. The monoisotopic (exact) mass is 368 g/mol. The molecular formula is C15H10Cl2N2OS2. The summed E-state index contributed by atoms with van der Waals surface area (Å²) in [5.41, 5.74) is 1.56. The smallest absolute Gasteiger partial charge is 0.270 e. The molecule has 1 saturated heterocycles. The average Bonchev–Trinajstić information content (AvgIpc) is 2.99. The van der Waals surface area contributed by atoms with Crippen LogP contribution in [-0.4, -0.2) is 14.8 Å². The van der Waals surface area contributed by atoms with E-state index in [1.165, 1.54) is 16.7 Å². The first-order valence-corrected chi connectivity index (χ1v) is 8.30. The molecule has 0 radical (unpaired) electrons. The highest BCUT2D eigenvalue weighted by Crippen LogP contribution is 2.37. The number of thiocarbonyl (C=S) groups is 1. The summed E-state index contributed by atoms with van der Waals surface area (Å²) in [4.78, 5) is 14.7. The van der Waals surface area contributed by atoms with E-state index in [2.05, 4.69) is 0 Å². The van der Waals surface area contributed by atoms with E-state index in [0.29, 0.717) is 25.0 Å². The summed E-state index contributed by atoms with van der Waals surface area (Å²) < 4.78 is 2.41. The second kappa shape index (κ2) is 6.08. The number of aryl methyl sites for hydroxylation is 1. The number of amides is 1. The van der Waals surface area contributed by atoms with Gasteiger partial charge in [0.2, 0.25) is 0 Å². The molecule has 22 heavy (non-hydrogen) atoms. The summed E-state index contributed by atoms with van der Waals surface area (Å²) in [6.07, 6.45) is 3.75. The van der Waals surface area contributed by atoms with Crippen LogP contribution >= 0.6 is 47.2 Å². The lowest BCUT2D eigenvalue weighted by molar-refractivity contribution is -0.113. The van der Waals surface area contributed by atoms with E-state index in [9.17, 15) is 4.79 Å². The fourth-order valence-electron chi connectivity index (χ4n) is 2.07. The van der Waals surface area contributed by atoms with Crippen LogP contribution < -0.4 is 4.90 Å². The topological polar surface area (TPSA) is 25.2 Å². The molecule has 0 unspecified atom stereocenters. The average molecular weight is 369 g/mol. The van der Waals surface area contributed by atoms with Gasteiger partial charge in [0.1, 0.15) is 0 Å². The number of carbonyl (C=O) groups excluding carboxylic acids is 1. The molecule has 1 aromatic heterocycles. The molecule has 0 bridgehead atoms. The van der Waals surface area contributed by atoms with Gasteiger partial charge in [0.05, 0.1) is 20.6 Å². The van der Waals surface area contributed by atoms with Crippen LogP contribution in [0.15, 0.2) is 41.4 Å². The van der Waals surface area contributed by atoms with Gasteiger partial charge in [0.15, 0.2) is 4.32 Å². The number of benzene rings is 1. The third-order valence-corrected chi connectivity index (χ3v) is 5.26. The Labute approximate surface area is 147 Å². The van der Waals surface area contributed by atoms with Crippen molar-refractivity contribution in [2.24, 2.45) is 7.05 Å². The Balaban J connectivity index is 1.96. The summed E-state index contributed by atoms with van der Waals surface area (Å²) in [6.45, 7) is 0. The largest absolute Gasteiger partial charge is 0.351 e. The Morgan fingerprint density at radius 2 is 2.00 bits per heavy atom. The zero-order valence-corrected chi connectivity index (χ0v) is 14.6. The second-order valence-electron chi connectivity index (χ2n) is 4.66. The number of thioether (sulfide) groups is 1. The minimum atomic E-state index is -0.158. The number of hydrogen-bond donors (Lipinski definition) is 0. The fraction of sp³-hybridized carbons (Fsp3) is 0.0667. The van der Waals surface area contributed by atoms with Gasteiger partial charge in [0.25, 0.3) is 5.91 Å². The quantitative estimate of drug-likeness (QED) is 0.565. The Bertz CT molecular complexity index is 814. The summed E-state index contributed by atoms with van der Waals surface area (Å²) in [6, 6.07) is 8.88. The molecule has 0 atom stereocenters. The zero-order chi connectivity index (χ0) is 15.9. The molecule has 3 rings (SSSR count). The third-order valence-electron chi connectivity index (χ3n) is 3.22. The maximum absolute atomic E-state index is 12.6. The van der Waals surface area contributed by atoms with Crippen molar-refractivity contribution >= 4 is 69.2 Å². The summed E-state index contributed by atoms with van der Waals surface area (Å²) >= 11 is 18.5. The zero-order valence-electron chi connectivity index (χ0n) is 11.4. The van der Waals surface area contributed by atoms with Crippen LogP contribution in [0.1, 0.15) is 5.69 Å². The lowest BCUT2D eigenvalue weighted by atomic mass is 10.3. The van der Waals surface area contributed by atoms with Crippen molar-refractivity contribution < 1.29 is 4.79 Å². The van der Waals surface area contributed by atoms with Gasteiger partial charge in [-0.25, -0.2) is 0 Å². The minimum absolute atomic E-state index is 0.158. The van der Waals surface area contributed by atoms with Crippen LogP contribution in [-0.2, 0) is 11.8 Å². The maximum Gasteiger partial charge on any atom is 0.270 e. The predicted octanol–water partition coefficient (Wildman–Crippen LogP) is 4.74. The first kappa shape index (κ1) is 15.6. The fourth-order valence-corrected chi connectivity index (χ4v) is 3.65. The van der Waals surface area contributed by atoms with Gasteiger partial charge >= 0.3 is 0 Å². The van der Waals surface area contributed by atoms with Crippen molar-refractivity contribution in [1.82, 2.24) is 4.57 Å². The number of aromatic nitrogens is 1. The predicted molar refractivity (Wildman–Crippen MR) is 97.5 cm³/mol. The SMILES string of the molecule is Cn1cccc1/C=C1/SC(=S)N(c2ccc(Cl)c(Cl)c2)C1=O. The van der Waals surface area contributed by atoms with Gasteiger partial charge in [-0.3, -0.25) is 9.69 Å². The van der Waals surface area contributed by atoms with Gasteiger partial charge in [-0.15, -0.1) is 0 Å². The summed E-state index contributed by atoms with van der Waals surface area (Å²) in [5.74, 6) is -0.158. The minimum Gasteiger partial charge on any atom is -0.351 e. The number of anilines is 1. The van der Waals surface area contributed by atoms with Crippen LogP contribution in [0.3, 0.4) is 0 Å². The van der Waals surface area contributed by atoms with Crippen molar-refractivity contribution in [2.75, 3.05) is 4.90 Å². The van der Waals surface area contributed by atoms with E-state index in [-0.39, 0.29) is 5.91 Å². The molecule has 112 valence electrons. The lowest BCUT2D eigenvalue weighted by Gasteiger charge is -2.15. The molecule has 1 fully saturated rings. The Kier molecular flexibility index (Phi) is 4.32. The molecule has 2 aromatic rings. The molecular weight excluding hydrogens is 359 g/mol. The standard InChI is InChI=1S/C15H10Cl2N2OS2/c1-18-6-2-3-9(18)8-13-14(20)19(15(21)22-13)10-4-5-11(16)12(17)7-10/h2-8H,1H3/b13-8+. The number of rotatable bonds is 2. The van der Waals surface area contributed by atoms with Crippen LogP contribution in [0.4, 0.5) is 5.69 Å². The van der Waals surface area contributed by atoms with E-state index in [4.69, 9.17) is 35.4 Å². The molecule has 3 nitrogen and oxygen atoms in total. The molecule has 1 aliphatic heterocycles. The van der Waals surface area contributed by atoms with E-state index in [1.807, 2.05) is 36.0 Å². The molecule has 1 aromatic carbocycles. The van der Waals surface area contributed by atoms with E-state index >= 15 is 0 Å². The number of nitrogens with zero attached hydrogens (tertiary/aromatic N) is 2. The van der Waals surface area contributed by atoms with Gasteiger partial charge in [-0.05, 0) is 36.4 Å². The normalized spacial score (nSPS) is 16.9. The molecule has 0 N–H and O–H groups in total. The number of halogens is 2. The number of carbonyl (C=O) groups is 1. The Hall–Kier alpha value is -1.27. The second-order valence-corrected chi connectivity index (χ2v) is 7.15. The first-order valence-electron chi connectivity index (χ1n) is 6.32. The van der Waals surface area contributed by atoms with E-state index in [0.717, 1.165) is 5.69 Å². The number of hydrogen-bond acceptors (Lipinski definition) is 3. The summed E-state index contributed by atoms with van der Waals surface area (Å²) in [5, 5.41) is 0.829. The van der Waals surface area contributed by atoms with Crippen molar-refractivity contribution in [3.63, 3.8) is 0 Å². The first-order chi connectivity index (χ1) is 10.5. The van der Waals surface area contributed by atoms with Crippen LogP contribution in [0.25, 0.3) is 6.08 Å². The Morgan fingerprint density at radius 1 is 1.23 bits per heavy atom. The van der Waals surface area contributed by atoms with Crippen LogP contribution in [0, 0.1) is 0 Å². The molecule has 7 heteroatoms. The highest BCUT2D eigenvalue weighted by molar-refractivity contribution is 8.27.